The van der Waals surface area contributed by atoms with Gasteiger partial charge in [0, 0.05) is 24.4 Å². The van der Waals surface area contributed by atoms with Gasteiger partial charge in [-0.05, 0) is 31.2 Å². The van der Waals surface area contributed by atoms with Crippen molar-refractivity contribution < 1.29 is 13.2 Å². The van der Waals surface area contributed by atoms with Crippen molar-refractivity contribution in [3.63, 3.8) is 0 Å². The van der Waals surface area contributed by atoms with Crippen molar-refractivity contribution in [2.24, 2.45) is 5.73 Å². The molecule has 0 saturated carbocycles. The number of rotatable bonds is 5. The lowest BCUT2D eigenvalue weighted by Crippen LogP contribution is -2.23. The van der Waals surface area contributed by atoms with Crippen LogP contribution in [0, 0.1) is 0 Å². The highest BCUT2D eigenvalue weighted by Crippen LogP contribution is 2.15. The average molecular weight is 256 g/mol. The van der Waals surface area contributed by atoms with E-state index in [0.717, 1.165) is 11.9 Å². The summed E-state index contributed by atoms with van der Waals surface area (Å²) in [7, 11) is -3.17. The number of nitrogens with two attached hydrogens (primary N) is 1. The summed E-state index contributed by atoms with van der Waals surface area (Å²) in [5, 5.41) is 3.06. The lowest BCUT2D eigenvalue weighted by Gasteiger charge is -2.13. The Labute approximate surface area is 101 Å². The van der Waals surface area contributed by atoms with Crippen molar-refractivity contribution in [1.29, 1.82) is 0 Å². The first-order valence-corrected chi connectivity index (χ1v) is 7.03. The van der Waals surface area contributed by atoms with Crippen molar-refractivity contribution in [2.45, 2.75) is 24.3 Å². The molecule has 0 saturated heterocycles. The Balaban J connectivity index is 2.72. The SMILES string of the molecule is CC(CC(N)=O)Nc1ccc(S(C)(=O)=O)cc1. The molecule has 1 aromatic carbocycles. The van der Waals surface area contributed by atoms with E-state index in [1.807, 2.05) is 6.92 Å². The molecule has 0 heterocycles. The zero-order chi connectivity index (χ0) is 13.1. The van der Waals surface area contributed by atoms with Crippen LogP contribution in [-0.2, 0) is 14.6 Å². The van der Waals surface area contributed by atoms with Gasteiger partial charge < -0.3 is 11.1 Å². The molecule has 17 heavy (non-hydrogen) atoms. The van der Waals surface area contributed by atoms with Crippen LogP contribution < -0.4 is 11.1 Å². The Hall–Kier alpha value is -1.56. The fraction of sp³-hybridized carbons (Fsp3) is 0.364. The van der Waals surface area contributed by atoms with E-state index in [1.165, 1.54) is 12.1 Å². The number of benzene rings is 1. The van der Waals surface area contributed by atoms with Gasteiger partial charge in [0.05, 0.1) is 4.90 Å². The Bertz CT molecular complexity index is 494. The van der Waals surface area contributed by atoms with Gasteiger partial charge in [0.25, 0.3) is 0 Å². The van der Waals surface area contributed by atoms with Crippen LogP contribution in [0.1, 0.15) is 13.3 Å². The van der Waals surface area contributed by atoms with Crippen LogP contribution in [0.3, 0.4) is 0 Å². The normalized spacial score (nSPS) is 13.1. The first-order valence-electron chi connectivity index (χ1n) is 5.14. The van der Waals surface area contributed by atoms with Crippen LogP contribution in [0.4, 0.5) is 5.69 Å². The summed E-state index contributed by atoms with van der Waals surface area (Å²) >= 11 is 0. The molecule has 0 fully saturated rings. The molecule has 0 aliphatic carbocycles. The van der Waals surface area contributed by atoms with Gasteiger partial charge in [0.1, 0.15) is 0 Å². The van der Waals surface area contributed by atoms with E-state index in [2.05, 4.69) is 5.32 Å². The molecule has 0 aliphatic heterocycles. The number of sulfone groups is 1. The van der Waals surface area contributed by atoms with Gasteiger partial charge in [-0.1, -0.05) is 0 Å². The summed E-state index contributed by atoms with van der Waals surface area (Å²) in [6.45, 7) is 1.83. The number of amides is 1. The fourth-order valence-corrected chi connectivity index (χ4v) is 2.07. The number of carbonyl (C=O) groups is 1. The number of hydrogen-bond acceptors (Lipinski definition) is 4. The first-order chi connectivity index (χ1) is 7.79. The van der Waals surface area contributed by atoms with Gasteiger partial charge in [-0.25, -0.2) is 8.42 Å². The van der Waals surface area contributed by atoms with Crippen molar-refractivity contribution >= 4 is 21.4 Å². The number of nitrogens with one attached hydrogen (secondary N) is 1. The van der Waals surface area contributed by atoms with Crippen LogP contribution in [-0.4, -0.2) is 26.6 Å². The van der Waals surface area contributed by atoms with Gasteiger partial charge in [0.15, 0.2) is 9.84 Å². The monoisotopic (exact) mass is 256 g/mol. The fourth-order valence-electron chi connectivity index (χ4n) is 1.44. The van der Waals surface area contributed by atoms with Crippen LogP contribution in [0.5, 0.6) is 0 Å². The first kappa shape index (κ1) is 13.5. The van der Waals surface area contributed by atoms with E-state index in [1.54, 1.807) is 12.1 Å². The molecule has 1 unspecified atom stereocenters. The maximum Gasteiger partial charge on any atom is 0.219 e. The van der Waals surface area contributed by atoms with E-state index < -0.39 is 9.84 Å². The van der Waals surface area contributed by atoms with E-state index in [9.17, 15) is 13.2 Å². The third-order valence-electron chi connectivity index (χ3n) is 2.20. The number of anilines is 1. The standard InChI is InChI=1S/C11H16N2O3S/c1-8(7-11(12)14)13-9-3-5-10(6-4-9)17(2,15)16/h3-6,8,13H,7H2,1-2H3,(H2,12,14). The summed E-state index contributed by atoms with van der Waals surface area (Å²) in [4.78, 5) is 11.0. The average Bonchev–Trinajstić information content (AvgIpc) is 2.15. The molecular weight excluding hydrogens is 240 g/mol. The highest BCUT2D eigenvalue weighted by molar-refractivity contribution is 7.90. The van der Waals surface area contributed by atoms with Gasteiger partial charge in [-0.15, -0.1) is 0 Å². The molecule has 0 aliphatic rings. The minimum absolute atomic E-state index is 0.0865. The molecule has 6 heteroatoms. The highest BCUT2D eigenvalue weighted by Gasteiger charge is 2.08. The zero-order valence-corrected chi connectivity index (χ0v) is 10.6. The molecule has 0 aromatic heterocycles. The zero-order valence-electron chi connectivity index (χ0n) is 9.80. The summed E-state index contributed by atoms with van der Waals surface area (Å²) < 4.78 is 22.5. The van der Waals surface area contributed by atoms with Crippen LogP contribution in [0.25, 0.3) is 0 Å². The molecule has 5 nitrogen and oxygen atoms in total. The van der Waals surface area contributed by atoms with E-state index in [-0.39, 0.29) is 23.3 Å². The molecule has 3 N–H and O–H groups in total. The third kappa shape index (κ3) is 4.44. The Morgan fingerprint density at radius 2 is 1.88 bits per heavy atom. The molecule has 0 spiro atoms. The summed E-state index contributed by atoms with van der Waals surface area (Å²) in [5.74, 6) is -0.377. The maximum absolute atomic E-state index is 11.2. The minimum atomic E-state index is -3.17. The van der Waals surface area contributed by atoms with Crippen LogP contribution in [0.15, 0.2) is 29.2 Å². The Morgan fingerprint density at radius 3 is 2.29 bits per heavy atom. The second-order valence-corrected chi connectivity index (χ2v) is 6.03. The largest absolute Gasteiger partial charge is 0.382 e. The third-order valence-corrected chi connectivity index (χ3v) is 3.33. The maximum atomic E-state index is 11.2. The molecule has 1 atom stereocenters. The molecule has 0 bridgehead atoms. The lowest BCUT2D eigenvalue weighted by atomic mass is 10.2. The van der Waals surface area contributed by atoms with Crippen LogP contribution >= 0.6 is 0 Å². The molecular formula is C11H16N2O3S. The van der Waals surface area contributed by atoms with E-state index in [4.69, 9.17) is 5.73 Å². The van der Waals surface area contributed by atoms with Gasteiger partial charge in [0.2, 0.25) is 5.91 Å². The van der Waals surface area contributed by atoms with E-state index >= 15 is 0 Å². The predicted molar refractivity (Wildman–Crippen MR) is 66.4 cm³/mol. The van der Waals surface area contributed by atoms with Crippen LogP contribution in [0.2, 0.25) is 0 Å². The quantitative estimate of drug-likeness (QED) is 0.814. The van der Waals surface area contributed by atoms with Crippen molar-refractivity contribution in [1.82, 2.24) is 0 Å². The van der Waals surface area contributed by atoms with Crippen molar-refractivity contribution in [3.05, 3.63) is 24.3 Å². The minimum Gasteiger partial charge on any atom is -0.382 e. The van der Waals surface area contributed by atoms with E-state index in [0.29, 0.717) is 0 Å². The molecule has 94 valence electrons. The Morgan fingerprint density at radius 1 is 1.35 bits per heavy atom. The van der Waals surface area contributed by atoms with Gasteiger partial charge in [-0.3, -0.25) is 4.79 Å². The molecule has 1 rings (SSSR count). The number of hydrogen-bond donors (Lipinski definition) is 2. The highest BCUT2D eigenvalue weighted by atomic mass is 32.2. The van der Waals surface area contributed by atoms with Crippen molar-refractivity contribution in [2.75, 3.05) is 11.6 Å². The van der Waals surface area contributed by atoms with Gasteiger partial charge >= 0.3 is 0 Å². The lowest BCUT2D eigenvalue weighted by molar-refractivity contribution is -0.118. The summed E-state index contributed by atoms with van der Waals surface area (Å²) in [6, 6.07) is 6.28. The van der Waals surface area contributed by atoms with Crippen molar-refractivity contribution in [3.8, 4) is 0 Å². The number of carbonyl (C=O) groups excluding carboxylic acids is 1. The molecule has 1 aromatic rings. The second-order valence-electron chi connectivity index (χ2n) is 4.01. The molecule has 0 radical (unpaired) electrons. The molecule has 1 amide bonds. The summed E-state index contributed by atoms with van der Waals surface area (Å²) in [6.07, 6.45) is 1.39. The predicted octanol–water partition coefficient (Wildman–Crippen LogP) is 0.766. The van der Waals surface area contributed by atoms with Gasteiger partial charge in [-0.2, -0.15) is 0 Å². The second kappa shape index (κ2) is 5.18. The number of primary amides is 1. The summed E-state index contributed by atoms with van der Waals surface area (Å²) in [5.41, 5.74) is 5.83. The smallest absolute Gasteiger partial charge is 0.219 e. The Kier molecular flexibility index (Phi) is 4.11. The topological polar surface area (TPSA) is 89.3 Å².